The van der Waals surface area contributed by atoms with E-state index in [1.165, 1.54) is 12.1 Å². The Kier molecular flexibility index (Phi) is 5.58. The van der Waals surface area contributed by atoms with Gasteiger partial charge in [0.2, 0.25) is 0 Å². The lowest BCUT2D eigenvalue weighted by Gasteiger charge is -2.21. The maximum absolute atomic E-state index is 13.5. The van der Waals surface area contributed by atoms with Crippen LogP contribution in [0.5, 0.6) is 0 Å². The molecule has 5 heteroatoms. The van der Waals surface area contributed by atoms with E-state index in [9.17, 15) is 14.9 Å². The molecule has 0 fully saturated rings. The van der Waals surface area contributed by atoms with Crippen molar-refractivity contribution in [3.05, 3.63) is 142 Å². The number of hydrogen-bond acceptors (Lipinski definition) is 3. The molecule has 0 radical (unpaired) electrons. The number of amides is 1. The normalized spacial score (nSPS) is 14.4. The third kappa shape index (κ3) is 4.14. The first-order chi connectivity index (χ1) is 16.6. The van der Waals surface area contributed by atoms with Crippen molar-refractivity contribution in [3.63, 3.8) is 0 Å². The maximum Gasteiger partial charge on any atom is 0.269 e. The van der Waals surface area contributed by atoms with E-state index in [1.807, 2.05) is 78.9 Å². The second kappa shape index (κ2) is 9.00. The van der Waals surface area contributed by atoms with Crippen LogP contribution in [0.15, 0.2) is 121 Å². The van der Waals surface area contributed by atoms with Crippen molar-refractivity contribution in [3.8, 4) is 11.1 Å². The maximum atomic E-state index is 13.5. The number of carbonyl (C=O) groups is 1. The van der Waals surface area contributed by atoms with Crippen LogP contribution < -0.4 is 4.90 Å². The van der Waals surface area contributed by atoms with Gasteiger partial charge in [-0.1, -0.05) is 72.8 Å². The molecule has 0 aromatic heterocycles. The summed E-state index contributed by atoms with van der Waals surface area (Å²) in [6, 6.07) is 33.9. The highest BCUT2D eigenvalue weighted by Crippen LogP contribution is 2.36. The molecule has 164 valence electrons. The van der Waals surface area contributed by atoms with Gasteiger partial charge in [0, 0.05) is 23.4 Å². The molecule has 0 spiro atoms. The Hall–Kier alpha value is -4.77. The van der Waals surface area contributed by atoms with E-state index in [4.69, 9.17) is 0 Å². The molecule has 1 amide bonds. The molecule has 0 atom stereocenters. The fraction of sp³-hybridized carbons (Fsp3) is 0. The molecule has 34 heavy (non-hydrogen) atoms. The van der Waals surface area contributed by atoms with Gasteiger partial charge < -0.3 is 0 Å². The van der Waals surface area contributed by atoms with Gasteiger partial charge in [0.15, 0.2) is 0 Å². The predicted octanol–water partition coefficient (Wildman–Crippen LogP) is 6.73. The molecule has 5 nitrogen and oxygen atoms in total. The zero-order valence-corrected chi connectivity index (χ0v) is 18.2. The second-order valence-corrected chi connectivity index (χ2v) is 7.90. The molecule has 4 aromatic carbocycles. The standard InChI is InChI=1S/C29H20N2O3/c32-29-25(19-21-11-15-27(16-12-21)31(33)34)20-28(24-9-5-2-6-10-24)30(29)26-17-13-23(14-18-26)22-7-3-1-4-8-22/h1-20H. The molecule has 1 aliphatic rings. The first kappa shape index (κ1) is 21.1. The molecule has 4 aromatic rings. The number of nitrogens with zero attached hydrogens (tertiary/aromatic N) is 2. The number of nitro benzene ring substituents is 1. The van der Waals surface area contributed by atoms with Gasteiger partial charge in [0.1, 0.15) is 0 Å². The number of non-ortho nitro benzene ring substituents is 1. The summed E-state index contributed by atoms with van der Waals surface area (Å²) in [5, 5.41) is 10.9. The number of anilines is 1. The average molecular weight is 444 g/mol. The Balaban J connectivity index is 1.53. The van der Waals surface area contributed by atoms with E-state index in [0.717, 1.165) is 33.6 Å². The molecular formula is C29H20N2O3. The quantitative estimate of drug-likeness (QED) is 0.195. The van der Waals surface area contributed by atoms with E-state index in [0.29, 0.717) is 5.57 Å². The lowest BCUT2D eigenvalue weighted by Crippen LogP contribution is -2.24. The Morgan fingerprint density at radius 3 is 1.82 bits per heavy atom. The van der Waals surface area contributed by atoms with Gasteiger partial charge in [0.25, 0.3) is 11.6 Å². The van der Waals surface area contributed by atoms with Crippen LogP contribution in [0.4, 0.5) is 11.4 Å². The van der Waals surface area contributed by atoms with Gasteiger partial charge in [-0.15, -0.1) is 0 Å². The molecule has 5 rings (SSSR count). The SMILES string of the molecule is O=C1C(=Cc2ccc([N+](=O)[O-])cc2)C=C(c2ccccc2)N1c1ccc(-c2ccccc2)cc1. The highest BCUT2D eigenvalue weighted by atomic mass is 16.6. The fourth-order valence-corrected chi connectivity index (χ4v) is 4.00. The summed E-state index contributed by atoms with van der Waals surface area (Å²) in [4.78, 5) is 25.7. The summed E-state index contributed by atoms with van der Waals surface area (Å²) in [6.07, 6.45) is 3.62. The van der Waals surface area contributed by atoms with E-state index in [2.05, 4.69) is 12.1 Å². The summed E-state index contributed by atoms with van der Waals surface area (Å²) in [6.45, 7) is 0. The van der Waals surface area contributed by atoms with Gasteiger partial charge >= 0.3 is 0 Å². The topological polar surface area (TPSA) is 63.4 Å². The average Bonchev–Trinajstić information content (AvgIpc) is 3.21. The Morgan fingerprint density at radius 1 is 0.676 bits per heavy atom. The van der Waals surface area contributed by atoms with Crippen molar-refractivity contribution < 1.29 is 9.72 Å². The second-order valence-electron chi connectivity index (χ2n) is 7.90. The lowest BCUT2D eigenvalue weighted by atomic mass is 10.0. The van der Waals surface area contributed by atoms with Crippen LogP contribution in [-0.2, 0) is 4.79 Å². The van der Waals surface area contributed by atoms with Crippen LogP contribution in [0.1, 0.15) is 11.1 Å². The van der Waals surface area contributed by atoms with Crippen molar-refractivity contribution >= 4 is 29.1 Å². The minimum Gasteiger partial charge on any atom is -0.276 e. The van der Waals surface area contributed by atoms with Crippen LogP contribution >= 0.6 is 0 Å². The number of carbonyl (C=O) groups excluding carboxylic acids is 1. The van der Waals surface area contributed by atoms with Gasteiger partial charge in [-0.05, 0) is 58.7 Å². The summed E-state index contributed by atoms with van der Waals surface area (Å²) < 4.78 is 0. The molecule has 0 N–H and O–H groups in total. The number of benzene rings is 4. The number of nitro groups is 1. The summed E-state index contributed by atoms with van der Waals surface area (Å²) >= 11 is 0. The summed E-state index contributed by atoms with van der Waals surface area (Å²) in [5.74, 6) is -0.148. The van der Waals surface area contributed by atoms with E-state index in [-0.39, 0.29) is 11.6 Å². The minimum atomic E-state index is -0.439. The van der Waals surface area contributed by atoms with Gasteiger partial charge in [-0.25, -0.2) is 0 Å². The Bertz CT molecular complexity index is 1410. The van der Waals surface area contributed by atoms with Gasteiger partial charge in [-0.2, -0.15) is 0 Å². The number of hydrogen-bond donors (Lipinski definition) is 0. The van der Waals surface area contributed by atoms with E-state index in [1.54, 1.807) is 23.1 Å². The predicted molar refractivity (Wildman–Crippen MR) is 135 cm³/mol. The van der Waals surface area contributed by atoms with Crippen molar-refractivity contribution in [2.24, 2.45) is 0 Å². The molecular weight excluding hydrogens is 424 g/mol. The molecule has 0 saturated heterocycles. The Labute approximate surface area is 197 Å². The zero-order chi connectivity index (χ0) is 23.5. The largest absolute Gasteiger partial charge is 0.276 e. The van der Waals surface area contributed by atoms with Crippen LogP contribution in [0, 0.1) is 10.1 Å². The summed E-state index contributed by atoms with van der Waals surface area (Å²) in [7, 11) is 0. The van der Waals surface area contributed by atoms with Crippen LogP contribution in [0.2, 0.25) is 0 Å². The monoisotopic (exact) mass is 444 g/mol. The van der Waals surface area contributed by atoms with Crippen LogP contribution in [0.3, 0.4) is 0 Å². The van der Waals surface area contributed by atoms with E-state index >= 15 is 0 Å². The molecule has 1 heterocycles. The molecule has 1 aliphatic heterocycles. The highest BCUT2D eigenvalue weighted by molar-refractivity contribution is 6.23. The first-order valence-corrected chi connectivity index (χ1v) is 10.8. The van der Waals surface area contributed by atoms with Gasteiger partial charge in [0.05, 0.1) is 10.6 Å². The summed E-state index contributed by atoms with van der Waals surface area (Å²) in [5.41, 5.74) is 5.91. The number of rotatable bonds is 5. The smallest absolute Gasteiger partial charge is 0.269 e. The van der Waals surface area contributed by atoms with Crippen molar-refractivity contribution in [2.75, 3.05) is 4.90 Å². The first-order valence-electron chi connectivity index (χ1n) is 10.8. The highest BCUT2D eigenvalue weighted by Gasteiger charge is 2.30. The Morgan fingerprint density at radius 2 is 1.24 bits per heavy atom. The van der Waals surface area contributed by atoms with Crippen molar-refractivity contribution in [1.82, 2.24) is 0 Å². The third-order valence-electron chi connectivity index (χ3n) is 5.71. The van der Waals surface area contributed by atoms with Crippen LogP contribution in [-0.4, -0.2) is 10.8 Å². The third-order valence-corrected chi connectivity index (χ3v) is 5.71. The van der Waals surface area contributed by atoms with E-state index < -0.39 is 4.92 Å². The molecule has 0 bridgehead atoms. The van der Waals surface area contributed by atoms with Gasteiger partial charge in [-0.3, -0.25) is 19.8 Å². The van der Waals surface area contributed by atoms with Crippen molar-refractivity contribution in [2.45, 2.75) is 0 Å². The lowest BCUT2D eigenvalue weighted by molar-refractivity contribution is -0.384. The molecule has 0 unspecified atom stereocenters. The van der Waals surface area contributed by atoms with Crippen LogP contribution in [0.25, 0.3) is 22.9 Å². The molecule has 0 aliphatic carbocycles. The molecule has 0 saturated carbocycles. The van der Waals surface area contributed by atoms with Crippen molar-refractivity contribution in [1.29, 1.82) is 0 Å². The zero-order valence-electron chi connectivity index (χ0n) is 18.2. The fourth-order valence-electron chi connectivity index (χ4n) is 4.00. The minimum absolute atomic E-state index is 0.0144.